The van der Waals surface area contributed by atoms with E-state index in [4.69, 9.17) is 28.4 Å². The van der Waals surface area contributed by atoms with E-state index >= 15 is 0 Å². The first-order valence-electron chi connectivity index (χ1n) is 13.9. The standard InChI is InChI=1S/C30H38O13/c1-15(31)38-14-29-24(41-18(4)34)20(39-16(2)32)13-28(7,37)30(29)23(35)21(27(5,6)43-30)22(40-17(3)33)25(29)42-26(36)19-11-9-8-10-12-19/h8-12,20-25,35,37H,13-14H2,1-7H3. The Bertz CT molecular complexity index is 1290. The molecule has 0 aromatic heterocycles. The third kappa shape index (κ3) is 5.17. The molecule has 3 aliphatic rings. The quantitative estimate of drug-likeness (QED) is 0.335. The van der Waals surface area contributed by atoms with E-state index in [9.17, 15) is 34.2 Å². The van der Waals surface area contributed by atoms with Crippen LogP contribution in [-0.4, -0.2) is 94.0 Å². The maximum absolute atomic E-state index is 13.7. The molecule has 4 rings (SSSR count). The molecule has 1 spiro atoms. The minimum Gasteiger partial charge on any atom is -0.465 e. The molecule has 1 aliphatic heterocycles. The van der Waals surface area contributed by atoms with Crippen LogP contribution in [0.25, 0.3) is 0 Å². The van der Waals surface area contributed by atoms with E-state index in [0.717, 1.165) is 27.7 Å². The smallest absolute Gasteiger partial charge is 0.338 e. The summed E-state index contributed by atoms with van der Waals surface area (Å²) in [6.07, 6.45) is -8.29. The van der Waals surface area contributed by atoms with Crippen LogP contribution in [0, 0.1) is 11.3 Å². The summed E-state index contributed by atoms with van der Waals surface area (Å²) >= 11 is 0. The van der Waals surface area contributed by atoms with Gasteiger partial charge in [0.15, 0.2) is 12.2 Å². The summed E-state index contributed by atoms with van der Waals surface area (Å²) in [7, 11) is 0. The van der Waals surface area contributed by atoms with Gasteiger partial charge in [-0.1, -0.05) is 18.2 Å². The average molecular weight is 607 g/mol. The normalized spacial score (nSPS) is 37.3. The van der Waals surface area contributed by atoms with Crippen LogP contribution >= 0.6 is 0 Å². The first-order chi connectivity index (χ1) is 19.9. The molecule has 2 aliphatic carbocycles. The number of benzene rings is 1. The Hall–Kier alpha value is -3.55. The molecule has 9 atom stereocenters. The fraction of sp³-hybridized carbons (Fsp3) is 0.633. The lowest BCUT2D eigenvalue weighted by molar-refractivity contribution is -0.362. The topological polar surface area (TPSA) is 181 Å². The third-order valence-electron chi connectivity index (χ3n) is 8.75. The van der Waals surface area contributed by atoms with Gasteiger partial charge < -0.3 is 38.6 Å². The maximum atomic E-state index is 13.7. The van der Waals surface area contributed by atoms with Crippen molar-refractivity contribution in [2.45, 2.75) is 102 Å². The van der Waals surface area contributed by atoms with Gasteiger partial charge in [0, 0.05) is 34.1 Å². The summed E-state index contributed by atoms with van der Waals surface area (Å²) in [6, 6.07) is 7.84. The Morgan fingerprint density at radius 3 is 1.95 bits per heavy atom. The summed E-state index contributed by atoms with van der Waals surface area (Å²) in [5, 5.41) is 24.4. The molecule has 1 heterocycles. The van der Waals surface area contributed by atoms with Crippen LogP contribution in [0.3, 0.4) is 0 Å². The Kier molecular flexibility index (Phi) is 8.42. The number of aliphatic hydroxyl groups excluding tert-OH is 1. The van der Waals surface area contributed by atoms with Crippen molar-refractivity contribution in [2.75, 3.05) is 6.61 Å². The van der Waals surface area contributed by atoms with Gasteiger partial charge >= 0.3 is 29.8 Å². The molecule has 13 heteroatoms. The number of hydrogen-bond donors (Lipinski definition) is 2. The van der Waals surface area contributed by atoms with Crippen molar-refractivity contribution in [3.63, 3.8) is 0 Å². The molecule has 2 bridgehead atoms. The second kappa shape index (κ2) is 11.2. The Morgan fingerprint density at radius 1 is 0.837 bits per heavy atom. The van der Waals surface area contributed by atoms with Gasteiger partial charge in [0.1, 0.15) is 29.8 Å². The van der Waals surface area contributed by atoms with Crippen molar-refractivity contribution >= 4 is 29.8 Å². The third-order valence-corrected chi connectivity index (χ3v) is 8.75. The molecule has 2 N–H and O–H groups in total. The fourth-order valence-corrected chi connectivity index (χ4v) is 7.53. The predicted octanol–water partition coefficient (Wildman–Crippen LogP) is 1.25. The molecule has 43 heavy (non-hydrogen) atoms. The molecule has 9 unspecified atom stereocenters. The number of ether oxygens (including phenoxy) is 6. The van der Waals surface area contributed by atoms with E-state index in [1.54, 1.807) is 32.0 Å². The van der Waals surface area contributed by atoms with E-state index in [2.05, 4.69) is 0 Å². The number of carbonyl (C=O) groups is 5. The van der Waals surface area contributed by atoms with Gasteiger partial charge in [0.25, 0.3) is 0 Å². The van der Waals surface area contributed by atoms with Gasteiger partial charge in [-0.25, -0.2) is 4.79 Å². The highest BCUT2D eigenvalue weighted by Gasteiger charge is 2.87. The van der Waals surface area contributed by atoms with Crippen LogP contribution in [0.2, 0.25) is 0 Å². The molecule has 1 aromatic carbocycles. The predicted molar refractivity (Wildman–Crippen MR) is 144 cm³/mol. The summed E-state index contributed by atoms with van der Waals surface area (Å²) in [4.78, 5) is 63.6. The molecule has 2 saturated carbocycles. The van der Waals surface area contributed by atoms with Crippen LogP contribution in [0.4, 0.5) is 0 Å². The molecular formula is C30H38O13. The van der Waals surface area contributed by atoms with Crippen molar-refractivity contribution in [1.82, 2.24) is 0 Å². The molecule has 0 radical (unpaired) electrons. The number of hydrogen-bond acceptors (Lipinski definition) is 13. The van der Waals surface area contributed by atoms with Gasteiger partial charge in [-0.05, 0) is 32.9 Å². The highest BCUT2D eigenvalue weighted by Crippen LogP contribution is 2.68. The molecule has 1 aromatic rings. The molecule has 3 fully saturated rings. The summed E-state index contributed by atoms with van der Waals surface area (Å²) in [6.45, 7) is 8.16. The van der Waals surface area contributed by atoms with Crippen molar-refractivity contribution in [3.05, 3.63) is 35.9 Å². The first kappa shape index (κ1) is 32.4. The number of fused-ring (bicyclic) bond motifs is 1. The average Bonchev–Trinajstić information content (AvgIpc) is 3.06. The van der Waals surface area contributed by atoms with Crippen LogP contribution in [0.15, 0.2) is 30.3 Å². The Morgan fingerprint density at radius 2 is 1.42 bits per heavy atom. The van der Waals surface area contributed by atoms with Crippen LogP contribution < -0.4 is 0 Å². The number of carbonyl (C=O) groups excluding carboxylic acids is 5. The van der Waals surface area contributed by atoms with Gasteiger partial charge in [0.2, 0.25) is 0 Å². The first-order valence-corrected chi connectivity index (χ1v) is 13.9. The lowest BCUT2D eigenvalue weighted by Gasteiger charge is -2.66. The molecule has 13 nitrogen and oxygen atoms in total. The summed E-state index contributed by atoms with van der Waals surface area (Å²) in [5.74, 6) is -5.29. The van der Waals surface area contributed by atoms with E-state index in [1.807, 2.05) is 0 Å². The molecule has 236 valence electrons. The fourth-order valence-electron chi connectivity index (χ4n) is 7.53. The second-order valence-corrected chi connectivity index (χ2v) is 12.2. The second-order valence-electron chi connectivity index (χ2n) is 12.2. The molecular weight excluding hydrogens is 568 g/mol. The number of aliphatic hydroxyl groups is 2. The maximum Gasteiger partial charge on any atom is 0.338 e. The zero-order chi connectivity index (χ0) is 32.1. The summed E-state index contributed by atoms with van der Waals surface area (Å²) in [5.41, 5.74) is -7.77. The number of rotatable bonds is 7. The minimum atomic E-state index is -2.21. The highest BCUT2D eigenvalue weighted by molar-refractivity contribution is 5.89. The van der Waals surface area contributed by atoms with Gasteiger partial charge in [-0.3, -0.25) is 19.2 Å². The SMILES string of the molecule is CC(=O)OCC12C(OC(C)=O)C(OC(C)=O)CC(C)(O)C13OC(C)(C)C(C(OC(C)=O)C2OC(=O)c1ccccc1)C3O. The van der Waals surface area contributed by atoms with E-state index < -0.39 is 102 Å². The lowest BCUT2D eigenvalue weighted by Crippen LogP contribution is -2.85. The molecule has 1 saturated heterocycles. The van der Waals surface area contributed by atoms with Crippen LogP contribution in [0.5, 0.6) is 0 Å². The van der Waals surface area contributed by atoms with Crippen molar-refractivity contribution in [1.29, 1.82) is 0 Å². The van der Waals surface area contributed by atoms with Crippen molar-refractivity contribution in [3.8, 4) is 0 Å². The van der Waals surface area contributed by atoms with Gasteiger partial charge in [-0.15, -0.1) is 0 Å². The minimum absolute atomic E-state index is 0.0996. The monoisotopic (exact) mass is 606 g/mol. The Balaban J connectivity index is 2.11. The van der Waals surface area contributed by atoms with Crippen molar-refractivity contribution < 1.29 is 62.6 Å². The van der Waals surface area contributed by atoms with Crippen LogP contribution in [0.1, 0.15) is 65.2 Å². The van der Waals surface area contributed by atoms with E-state index in [-0.39, 0.29) is 5.56 Å². The highest BCUT2D eigenvalue weighted by atomic mass is 16.6. The van der Waals surface area contributed by atoms with E-state index in [1.165, 1.54) is 19.1 Å². The van der Waals surface area contributed by atoms with Gasteiger partial charge in [0.05, 0.1) is 28.8 Å². The number of esters is 5. The van der Waals surface area contributed by atoms with Crippen molar-refractivity contribution in [2.24, 2.45) is 11.3 Å². The van der Waals surface area contributed by atoms with E-state index in [0.29, 0.717) is 0 Å². The van der Waals surface area contributed by atoms with Crippen LogP contribution in [-0.2, 0) is 47.6 Å². The van der Waals surface area contributed by atoms with Gasteiger partial charge in [-0.2, -0.15) is 0 Å². The summed E-state index contributed by atoms with van der Waals surface area (Å²) < 4.78 is 35.4. The zero-order valence-corrected chi connectivity index (χ0v) is 25.2. The Labute approximate surface area is 248 Å². The molecule has 0 amide bonds. The lowest BCUT2D eigenvalue weighted by atomic mass is 9.45. The largest absolute Gasteiger partial charge is 0.465 e. The zero-order valence-electron chi connectivity index (χ0n) is 25.2.